The quantitative estimate of drug-likeness (QED) is 0.906. The Labute approximate surface area is 113 Å². The molecule has 0 saturated heterocycles. The van der Waals surface area contributed by atoms with E-state index in [2.05, 4.69) is 17.4 Å². The zero-order valence-electron chi connectivity index (χ0n) is 11.2. The minimum Gasteiger partial charge on any atom is -0.325 e. The molecule has 0 aromatic heterocycles. The fourth-order valence-electron chi connectivity index (χ4n) is 1.84. The van der Waals surface area contributed by atoms with Crippen LogP contribution in [0.3, 0.4) is 0 Å². The summed E-state index contributed by atoms with van der Waals surface area (Å²) < 4.78 is 0. The zero-order valence-corrected chi connectivity index (χ0v) is 12.0. The molecule has 1 atom stereocenters. The molecule has 4 heteroatoms. The summed E-state index contributed by atoms with van der Waals surface area (Å²) in [6.07, 6.45) is 0. The van der Waals surface area contributed by atoms with Crippen molar-refractivity contribution in [1.29, 1.82) is 5.26 Å². The third kappa shape index (κ3) is 3.78. The molecule has 1 aromatic carbocycles. The van der Waals surface area contributed by atoms with Crippen molar-refractivity contribution in [2.24, 2.45) is 0 Å². The SMILES string of the molecule is Cc1cc(C)c(NC(=O)C(C)SCC#N)c(C)c1. The standard InChI is InChI=1S/C14H18N2OS/c1-9-7-10(2)13(11(3)8-9)16-14(17)12(4)18-6-5-15/h7-8,12H,6H2,1-4H3,(H,16,17). The van der Waals surface area contributed by atoms with Crippen molar-refractivity contribution in [3.63, 3.8) is 0 Å². The zero-order chi connectivity index (χ0) is 13.7. The van der Waals surface area contributed by atoms with Gasteiger partial charge in [0.2, 0.25) is 5.91 Å². The molecular weight excluding hydrogens is 244 g/mol. The van der Waals surface area contributed by atoms with Gasteiger partial charge in [-0.1, -0.05) is 17.7 Å². The van der Waals surface area contributed by atoms with Gasteiger partial charge in [0.15, 0.2) is 0 Å². The summed E-state index contributed by atoms with van der Waals surface area (Å²) in [5.41, 5.74) is 4.21. The molecule has 1 amide bonds. The Morgan fingerprint density at radius 1 is 1.39 bits per heavy atom. The Hall–Kier alpha value is -1.47. The van der Waals surface area contributed by atoms with E-state index in [-0.39, 0.29) is 11.2 Å². The molecule has 1 aromatic rings. The maximum Gasteiger partial charge on any atom is 0.237 e. The van der Waals surface area contributed by atoms with E-state index in [4.69, 9.17) is 5.26 Å². The van der Waals surface area contributed by atoms with Gasteiger partial charge in [0.1, 0.15) is 0 Å². The summed E-state index contributed by atoms with van der Waals surface area (Å²) in [7, 11) is 0. The lowest BCUT2D eigenvalue weighted by atomic mass is 10.1. The number of aryl methyl sites for hydroxylation is 3. The summed E-state index contributed by atoms with van der Waals surface area (Å²) in [5, 5.41) is 11.2. The van der Waals surface area contributed by atoms with Gasteiger partial charge < -0.3 is 5.32 Å². The van der Waals surface area contributed by atoms with Gasteiger partial charge in [-0.2, -0.15) is 5.26 Å². The van der Waals surface area contributed by atoms with Crippen LogP contribution < -0.4 is 5.32 Å². The van der Waals surface area contributed by atoms with E-state index in [0.29, 0.717) is 5.75 Å². The summed E-state index contributed by atoms with van der Waals surface area (Å²) in [6, 6.07) is 6.13. The Morgan fingerprint density at radius 3 is 2.44 bits per heavy atom. The molecule has 0 bridgehead atoms. The van der Waals surface area contributed by atoms with E-state index >= 15 is 0 Å². The average Bonchev–Trinajstić information content (AvgIpc) is 2.30. The summed E-state index contributed by atoms with van der Waals surface area (Å²) in [6.45, 7) is 7.83. The van der Waals surface area contributed by atoms with Gasteiger partial charge in [0.25, 0.3) is 0 Å². The molecule has 3 nitrogen and oxygen atoms in total. The minimum atomic E-state index is -0.218. The second-order valence-electron chi connectivity index (χ2n) is 4.37. The smallest absolute Gasteiger partial charge is 0.237 e. The second kappa shape index (κ2) is 6.46. The van der Waals surface area contributed by atoms with Gasteiger partial charge in [-0.05, 0) is 38.8 Å². The van der Waals surface area contributed by atoms with Crippen LogP contribution >= 0.6 is 11.8 Å². The lowest BCUT2D eigenvalue weighted by Gasteiger charge is -2.15. The molecule has 0 radical (unpaired) electrons. The first-order valence-corrected chi connectivity index (χ1v) is 6.88. The van der Waals surface area contributed by atoms with Crippen LogP contribution in [0.15, 0.2) is 12.1 Å². The van der Waals surface area contributed by atoms with Gasteiger partial charge in [0, 0.05) is 5.69 Å². The molecule has 1 unspecified atom stereocenters. The predicted molar refractivity (Wildman–Crippen MR) is 76.8 cm³/mol. The van der Waals surface area contributed by atoms with Crippen molar-refractivity contribution < 1.29 is 4.79 Å². The lowest BCUT2D eigenvalue weighted by Crippen LogP contribution is -2.23. The van der Waals surface area contributed by atoms with Crippen LogP contribution in [0.5, 0.6) is 0 Å². The summed E-state index contributed by atoms with van der Waals surface area (Å²) in [4.78, 5) is 12.0. The Morgan fingerprint density at radius 2 is 1.94 bits per heavy atom. The first-order valence-electron chi connectivity index (χ1n) is 5.83. The van der Waals surface area contributed by atoms with Crippen LogP contribution in [0.4, 0.5) is 5.69 Å². The summed E-state index contributed by atoms with van der Waals surface area (Å²) in [5.74, 6) is 0.283. The molecular formula is C14H18N2OS. The lowest BCUT2D eigenvalue weighted by molar-refractivity contribution is -0.115. The number of nitrogens with zero attached hydrogens (tertiary/aromatic N) is 1. The molecule has 18 heavy (non-hydrogen) atoms. The molecule has 0 aliphatic heterocycles. The maximum absolute atomic E-state index is 12.0. The molecule has 1 rings (SSSR count). The van der Waals surface area contributed by atoms with Crippen molar-refractivity contribution in [3.05, 3.63) is 28.8 Å². The first-order chi connectivity index (χ1) is 8.45. The van der Waals surface area contributed by atoms with E-state index in [1.807, 2.05) is 33.8 Å². The van der Waals surface area contributed by atoms with Crippen LogP contribution in [0.2, 0.25) is 0 Å². The Bertz CT molecular complexity index is 468. The van der Waals surface area contributed by atoms with Gasteiger partial charge in [-0.25, -0.2) is 0 Å². The summed E-state index contributed by atoms with van der Waals surface area (Å²) >= 11 is 1.35. The number of benzene rings is 1. The van der Waals surface area contributed by atoms with E-state index < -0.39 is 0 Å². The second-order valence-corrected chi connectivity index (χ2v) is 5.70. The third-order valence-corrected chi connectivity index (χ3v) is 3.70. The number of hydrogen-bond donors (Lipinski definition) is 1. The normalized spacial score (nSPS) is 11.7. The molecule has 0 aliphatic carbocycles. The molecule has 1 N–H and O–H groups in total. The number of carbonyl (C=O) groups excluding carboxylic acids is 1. The number of nitriles is 1. The van der Waals surface area contributed by atoms with Crippen LogP contribution in [0, 0.1) is 32.1 Å². The maximum atomic E-state index is 12.0. The van der Waals surface area contributed by atoms with E-state index in [0.717, 1.165) is 16.8 Å². The van der Waals surface area contributed by atoms with Gasteiger partial charge in [-0.3, -0.25) is 4.79 Å². The van der Waals surface area contributed by atoms with Gasteiger partial charge in [-0.15, -0.1) is 11.8 Å². The highest BCUT2D eigenvalue weighted by Gasteiger charge is 2.15. The fourth-order valence-corrected chi connectivity index (χ4v) is 2.37. The highest BCUT2D eigenvalue weighted by atomic mass is 32.2. The highest BCUT2D eigenvalue weighted by molar-refractivity contribution is 8.00. The molecule has 0 aliphatic rings. The van der Waals surface area contributed by atoms with Crippen molar-refractivity contribution >= 4 is 23.4 Å². The van der Waals surface area contributed by atoms with Crippen LogP contribution in [0.25, 0.3) is 0 Å². The number of rotatable bonds is 4. The molecule has 0 spiro atoms. The van der Waals surface area contributed by atoms with Gasteiger partial charge in [0.05, 0.1) is 17.1 Å². The van der Waals surface area contributed by atoms with Crippen molar-refractivity contribution in [2.45, 2.75) is 32.9 Å². The van der Waals surface area contributed by atoms with Crippen LogP contribution in [0.1, 0.15) is 23.6 Å². The van der Waals surface area contributed by atoms with Crippen LogP contribution in [-0.2, 0) is 4.79 Å². The predicted octanol–water partition coefficient (Wildman–Crippen LogP) is 3.20. The van der Waals surface area contributed by atoms with E-state index in [1.54, 1.807) is 0 Å². The van der Waals surface area contributed by atoms with Gasteiger partial charge >= 0.3 is 0 Å². The molecule has 0 saturated carbocycles. The van der Waals surface area contributed by atoms with Crippen molar-refractivity contribution in [3.8, 4) is 6.07 Å². The Kier molecular flexibility index (Phi) is 5.24. The van der Waals surface area contributed by atoms with Crippen LogP contribution in [-0.4, -0.2) is 16.9 Å². The topological polar surface area (TPSA) is 52.9 Å². The highest BCUT2D eigenvalue weighted by Crippen LogP contribution is 2.23. The molecule has 96 valence electrons. The average molecular weight is 262 g/mol. The minimum absolute atomic E-state index is 0.0506. The number of hydrogen-bond acceptors (Lipinski definition) is 3. The first kappa shape index (κ1) is 14.6. The largest absolute Gasteiger partial charge is 0.325 e. The fraction of sp³-hybridized carbons (Fsp3) is 0.429. The monoisotopic (exact) mass is 262 g/mol. The number of anilines is 1. The van der Waals surface area contributed by atoms with E-state index in [9.17, 15) is 4.79 Å². The van der Waals surface area contributed by atoms with Crippen molar-refractivity contribution in [2.75, 3.05) is 11.1 Å². The molecule has 0 fully saturated rings. The number of nitrogens with one attached hydrogen (secondary N) is 1. The molecule has 0 heterocycles. The number of carbonyl (C=O) groups is 1. The number of amides is 1. The number of thioether (sulfide) groups is 1. The third-order valence-electron chi connectivity index (χ3n) is 2.69. The van der Waals surface area contributed by atoms with Crippen molar-refractivity contribution in [1.82, 2.24) is 0 Å². The Balaban J connectivity index is 2.79. The van der Waals surface area contributed by atoms with E-state index in [1.165, 1.54) is 17.3 Å².